The number of anilines is 1. The van der Waals surface area contributed by atoms with Gasteiger partial charge in [-0.25, -0.2) is 14.1 Å². The van der Waals surface area contributed by atoms with Crippen LogP contribution < -0.4 is 5.32 Å². The lowest BCUT2D eigenvalue weighted by Gasteiger charge is -2.29. The van der Waals surface area contributed by atoms with Crippen molar-refractivity contribution in [2.75, 3.05) is 5.32 Å². The SMILES string of the molecule is CCC1CCCC(Nc2ccc(-n3cncn3)c(F)c2)C1. The van der Waals surface area contributed by atoms with Crippen LogP contribution in [0, 0.1) is 11.7 Å². The number of rotatable bonds is 4. The summed E-state index contributed by atoms with van der Waals surface area (Å²) in [5.41, 5.74) is 1.27. The largest absolute Gasteiger partial charge is 0.382 e. The van der Waals surface area contributed by atoms with Crippen LogP contribution in [0.3, 0.4) is 0 Å². The van der Waals surface area contributed by atoms with Crippen LogP contribution in [-0.2, 0) is 0 Å². The summed E-state index contributed by atoms with van der Waals surface area (Å²) in [6.45, 7) is 2.25. The summed E-state index contributed by atoms with van der Waals surface area (Å²) in [5, 5.41) is 7.43. The van der Waals surface area contributed by atoms with Crippen LogP contribution in [0.25, 0.3) is 5.69 Å². The third-order valence-corrected chi connectivity index (χ3v) is 4.34. The Hall–Kier alpha value is -1.91. The van der Waals surface area contributed by atoms with E-state index in [0.717, 1.165) is 11.6 Å². The standard InChI is InChI=1S/C16H21FN4/c1-2-12-4-3-5-13(8-12)20-14-6-7-16(15(17)9-14)21-11-18-10-19-21/h6-7,9-13,20H,2-5,8H2,1H3. The van der Waals surface area contributed by atoms with E-state index < -0.39 is 0 Å². The molecule has 1 heterocycles. The Morgan fingerprint density at radius 2 is 2.29 bits per heavy atom. The van der Waals surface area contributed by atoms with Crippen molar-refractivity contribution in [2.45, 2.75) is 45.1 Å². The van der Waals surface area contributed by atoms with Gasteiger partial charge in [-0.3, -0.25) is 0 Å². The number of nitrogens with one attached hydrogen (secondary N) is 1. The van der Waals surface area contributed by atoms with Gasteiger partial charge >= 0.3 is 0 Å². The Morgan fingerprint density at radius 3 is 3.00 bits per heavy atom. The molecular weight excluding hydrogens is 267 g/mol. The number of nitrogens with zero attached hydrogens (tertiary/aromatic N) is 3. The predicted octanol–water partition coefficient (Wildman–Crippen LogP) is 3.79. The molecule has 1 N–H and O–H groups in total. The molecule has 5 heteroatoms. The average molecular weight is 288 g/mol. The molecule has 3 rings (SSSR count). The first kappa shape index (κ1) is 14.0. The van der Waals surface area contributed by atoms with E-state index in [1.165, 1.54) is 49.4 Å². The van der Waals surface area contributed by atoms with Crippen molar-refractivity contribution in [1.82, 2.24) is 14.8 Å². The minimum atomic E-state index is -0.284. The van der Waals surface area contributed by atoms with Crippen molar-refractivity contribution in [2.24, 2.45) is 5.92 Å². The Kier molecular flexibility index (Phi) is 4.18. The van der Waals surface area contributed by atoms with E-state index in [4.69, 9.17) is 0 Å². The molecule has 2 atom stereocenters. The minimum absolute atomic E-state index is 0.284. The summed E-state index contributed by atoms with van der Waals surface area (Å²) in [6, 6.07) is 5.66. The molecule has 21 heavy (non-hydrogen) atoms. The molecule has 1 aliphatic carbocycles. The number of aromatic nitrogens is 3. The van der Waals surface area contributed by atoms with Crippen LogP contribution in [0.4, 0.5) is 10.1 Å². The van der Waals surface area contributed by atoms with Gasteiger partial charge in [-0.15, -0.1) is 0 Å². The molecule has 1 aromatic heterocycles. The molecule has 0 aliphatic heterocycles. The molecule has 1 aromatic carbocycles. The summed E-state index contributed by atoms with van der Waals surface area (Å²) in [5.74, 6) is 0.517. The molecule has 0 bridgehead atoms. The van der Waals surface area contributed by atoms with Gasteiger partial charge in [0.1, 0.15) is 18.3 Å². The van der Waals surface area contributed by atoms with Crippen molar-refractivity contribution >= 4 is 5.69 Å². The molecular formula is C16H21FN4. The first-order valence-corrected chi connectivity index (χ1v) is 7.67. The van der Waals surface area contributed by atoms with Crippen molar-refractivity contribution in [3.8, 4) is 5.69 Å². The zero-order valence-corrected chi connectivity index (χ0v) is 12.3. The Balaban J connectivity index is 1.71. The normalized spacial score (nSPS) is 22.2. The number of benzene rings is 1. The predicted molar refractivity (Wildman–Crippen MR) is 81.0 cm³/mol. The molecule has 1 fully saturated rings. The summed E-state index contributed by atoms with van der Waals surface area (Å²) in [7, 11) is 0. The molecule has 0 saturated heterocycles. The van der Waals surface area contributed by atoms with Crippen molar-refractivity contribution in [3.05, 3.63) is 36.7 Å². The van der Waals surface area contributed by atoms with E-state index in [2.05, 4.69) is 22.3 Å². The zero-order chi connectivity index (χ0) is 14.7. The number of hydrogen-bond acceptors (Lipinski definition) is 3. The number of hydrogen-bond donors (Lipinski definition) is 1. The zero-order valence-electron chi connectivity index (χ0n) is 12.3. The molecule has 1 aliphatic rings. The maximum absolute atomic E-state index is 14.2. The van der Waals surface area contributed by atoms with Gasteiger partial charge in [-0.2, -0.15) is 5.10 Å². The second kappa shape index (κ2) is 6.24. The highest BCUT2D eigenvalue weighted by Crippen LogP contribution is 2.29. The van der Waals surface area contributed by atoms with Gasteiger partial charge in [0.05, 0.1) is 0 Å². The Morgan fingerprint density at radius 1 is 1.38 bits per heavy atom. The lowest BCUT2D eigenvalue weighted by atomic mass is 9.84. The van der Waals surface area contributed by atoms with Crippen LogP contribution in [0.5, 0.6) is 0 Å². The van der Waals surface area contributed by atoms with E-state index in [0.29, 0.717) is 11.7 Å². The van der Waals surface area contributed by atoms with Crippen LogP contribution in [-0.4, -0.2) is 20.8 Å². The second-order valence-corrected chi connectivity index (χ2v) is 5.79. The summed E-state index contributed by atoms with van der Waals surface area (Å²) >= 11 is 0. The topological polar surface area (TPSA) is 42.7 Å². The molecule has 112 valence electrons. The molecule has 0 spiro atoms. The third kappa shape index (κ3) is 3.23. The van der Waals surface area contributed by atoms with Gasteiger partial charge in [-0.05, 0) is 37.0 Å². The first-order valence-electron chi connectivity index (χ1n) is 7.67. The molecule has 0 radical (unpaired) electrons. The van der Waals surface area contributed by atoms with Gasteiger partial charge in [0.2, 0.25) is 0 Å². The second-order valence-electron chi connectivity index (χ2n) is 5.79. The summed E-state index contributed by atoms with van der Waals surface area (Å²) in [4.78, 5) is 3.84. The molecule has 2 unspecified atom stereocenters. The molecule has 0 amide bonds. The van der Waals surface area contributed by atoms with E-state index >= 15 is 0 Å². The van der Waals surface area contributed by atoms with E-state index in [1.807, 2.05) is 6.07 Å². The molecule has 1 saturated carbocycles. The molecule has 2 aromatic rings. The molecule has 4 nitrogen and oxygen atoms in total. The van der Waals surface area contributed by atoms with E-state index in [9.17, 15) is 4.39 Å². The monoisotopic (exact) mass is 288 g/mol. The highest BCUT2D eigenvalue weighted by Gasteiger charge is 2.20. The smallest absolute Gasteiger partial charge is 0.150 e. The maximum Gasteiger partial charge on any atom is 0.150 e. The highest BCUT2D eigenvalue weighted by molar-refractivity contribution is 5.50. The lowest BCUT2D eigenvalue weighted by Crippen LogP contribution is -2.27. The van der Waals surface area contributed by atoms with Crippen LogP contribution in [0.1, 0.15) is 39.0 Å². The van der Waals surface area contributed by atoms with E-state index in [-0.39, 0.29) is 5.82 Å². The lowest BCUT2D eigenvalue weighted by molar-refractivity contribution is 0.327. The van der Waals surface area contributed by atoms with Crippen LogP contribution in [0.2, 0.25) is 0 Å². The fourth-order valence-electron chi connectivity index (χ4n) is 3.14. The summed E-state index contributed by atoms with van der Waals surface area (Å²) < 4.78 is 15.6. The quantitative estimate of drug-likeness (QED) is 0.931. The fraction of sp³-hybridized carbons (Fsp3) is 0.500. The van der Waals surface area contributed by atoms with Crippen LogP contribution in [0.15, 0.2) is 30.9 Å². The van der Waals surface area contributed by atoms with Gasteiger partial charge in [0.15, 0.2) is 5.82 Å². The maximum atomic E-state index is 14.2. The van der Waals surface area contributed by atoms with Crippen molar-refractivity contribution in [1.29, 1.82) is 0 Å². The first-order chi connectivity index (χ1) is 10.3. The van der Waals surface area contributed by atoms with E-state index in [1.54, 1.807) is 12.1 Å². The van der Waals surface area contributed by atoms with Gasteiger partial charge in [0, 0.05) is 11.7 Å². The highest BCUT2D eigenvalue weighted by atomic mass is 19.1. The van der Waals surface area contributed by atoms with Gasteiger partial charge in [-0.1, -0.05) is 26.2 Å². The number of halogens is 1. The Bertz CT molecular complexity index is 582. The fourth-order valence-corrected chi connectivity index (χ4v) is 3.14. The minimum Gasteiger partial charge on any atom is -0.382 e. The van der Waals surface area contributed by atoms with Gasteiger partial charge < -0.3 is 5.32 Å². The third-order valence-electron chi connectivity index (χ3n) is 4.34. The van der Waals surface area contributed by atoms with Crippen molar-refractivity contribution < 1.29 is 4.39 Å². The Labute approximate surface area is 124 Å². The van der Waals surface area contributed by atoms with Crippen molar-refractivity contribution in [3.63, 3.8) is 0 Å². The summed E-state index contributed by atoms with van der Waals surface area (Å²) in [6.07, 6.45) is 9.07. The van der Waals surface area contributed by atoms with Crippen LogP contribution >= 0.6 is 0 Å². The van der Waals surface area contributed by atoms with Gasteiger partial charge in [0.25, 0.3) is 0 Å². The average Bonchev–Trinajstić information content (AvgIpc) is 3.01.